The molecular formula is C11H11NO4. The molecule has 2 N–H and O–H groups in total. The van der Waals surface area contributed by atoms with Gasteiger partial charge in [-0.15, -0.1) is 0 Å². The molecule has 0 fully saturated rings. The maximum absolute atomic E-state index is 11.4. The van der Waals surface area contributed by atoms with Crippen molar-refractivity contribution in [1.82, 2.24) is 0 Å². The van der Waals surface area contributed by atoms with Gasteiger partial charge in [-0.25, -0.2) is 4.79 Å². The Hall–Kier alpha value is -2.17. The third-order valence-electron chi connectivity index (χ3n) is 1.78. The highest BCUT2D eigenvalue weighted by Gasteiger charge is 2.16. The van der Waals surface area contributed by atoms with E-state index in [-0.39, 0.29) is 17.0 Å². The molecule has 5 heteroatoms. The summed E-state index contributed by atoms with van der Waals surface area (Å²) in [5, 5.41) is 0. The standard InChI is InChI=1S/C11H11NO4/c1-7(13)6-10(14)16-11(15)8-4-2-3-5-9(8)12/h2-5H,6,12H2,1H3. The van der Waals surface area contributed by atoms with E-state index in [9.17, 15) is 14.4 Å². The minimum atomic E-state index is -0.874. The highest BCUT2D eigenvalue weighted by atomic mass is 16.6. The highest BCUT2D eigenvalue weighted by Crippen LogP contribution is 2.12. The summed E-state index contributed by atoms with van der Waals surface area (Å²) in [5.74, 6) is -2.08. The first kappa shape index (κ1) is 11.9. The van der Waals surface area contributed by atoms with E-state index < -0.39 is 18.4 Å². The SMILES string of the molecule is CC(=O)CC(=O)OC(=O)c1ccccc1N. The van der Waals surface area contributed by atoms with Gasteiger partial charge in [-0.1, -0.05) is 12.1 Å². The van der Waals surface area contributed by atoms with Gasteiger partial charge < -0.3 is 10.5 Å². The van der Waals surface area contributed by atoms with Crippen LogP contribution < -0.4 is 5.73 Å². The molecule has 0 aliphatic carbocycles. The molecule has 0 unspecified atom stereocenters. The number of esters is 2. The first-order valence-corrected chi connectivity index (χ1v) is 4.59. The van der Waals surface area contributed by atoms with Crippen molar-refractivity contribution in [2.24, 2.45) is 0 Å². The van der Waals surface area contributed by atoms with Crippen molar-refractivity contribution < 1.29 is 19.1 Å². The third kappa shape index (κ3) is 3.20. The molecule has 1 aromatic rings. The number of carbonyl (C=O) groups excluding carboxylic acids is 3. The molecule has 0 aliphatic rings. The van der Waals surface area contributed by atoms with E-state index >= 15 is 0 Å². The minimum absolute atomic E-state index is 0.111. The molecule has 0 heterocycles. The Kier molecular flexibility index (Phi) is 3.77. The summed E-state index contributed by atoms with van der Waals surface area (Å²) in [5.41, 5.74) is 5.86. The van der Waals surface area contributed by atoms with Crippen LogP contribution >= 0.6 is 0 Å². The highest BCUT2D eigenvalue weighted by molar-refractivity contribution is 6.04. The number of benzene rings is 1. The van der Waals surface area contributed by atoms with Gasteiger partial charge in [0.05, 0.1) is 5.56 Å². The first-order chi connectivity index (χ1) is 7.50. The predicted octanol–water partition coefficient (Wildman–Crippen LogP) is 0.931. The van der Waals surface area contributed by atoms with Crippen LogP contribution in [0.25, 0.3) is 0 Å². The monoisotopic (exact) mass is 221 g/mol. The largest absolute Gasteiger partial charge is 0.398 e. The fourth-order valence-corrected chi connectivity index (χ4v) is 1.08. The molecule has 5 nitrogen and oxygen atoms in total. The molecule has 0 spiro atoms. The summed E-state index contributed by atoms with van der Waals surface area (Å²) in [4.78, 5) is 33.1. The zero-order chi connectivity index (χ0) is 12.1. The van der Waals surface area contributed by atoms with Crippen LogP contribution in [-0.2, 0) is 14.3 Å². The summed E-state index contributed by atoms with van der Waals surface area (Å²) in [6.07, 6.45) is -0.418. The molecule has 1 rings (SSSR count). The lowest BCUT2D eigenvalue weighted by atomic mass is 10.2. The molecule has 0 bridgehead atoms. The van der Waals surface area contributed by atoms with E-state index in [0.717, 1.165) is 0 Å². The number of ether oxygens (including phenoxy) is 1. The van der Waals surface area contributed by atoms with Crippen LogP contribution in [0.4, 0.5) is 5.69 Å². The molecular weight excluding hydrogens is 210 g/mol. The van der Waals surface area contributed by atoms with Gasteiger partial charge in [0.2, 0.25) is 0 Å². The van der Waals surface area contributed by atoms with Gasteiger partial charge in [-0.3, -0.25) is 9.59 Å². The normalized spacial score (nSPS) is 9.56. The van der Waals surface area contributed by atoms with Crippen LogP contribution in [0.1, 0.15) is 23.7 Å². The lowest BCUT2D eigenvalue weighted by molar-refractivity contribution is -0.140. The van der Waals surface area contributed by atoms with E-state index in [0.29, 0.717) is 0 Å². The Morgan fingerprint density at radius 3 is 2.44 bits per heavy atom. The van der Waals surface area contributed by atoms with E-state index in [1.54, 1.807) is 12.1 Å². The van der Waals surface area contributed by atoms with E-state index in [1.807, 2.05) is 0 Å². The second kappa shape index (κ2) is 5.06. The molecule has 0 amide bonds. The Labute approximate surface area is 92.2 Å². The number of hydrogen-bond donors (Lipinski definition) is 1. The van der Waals surface area contributed by atoms with E-state index in [4.69, 9.17) is 5.73 Å². The zero-order valence-corrected chi connectivity index (χ0v) is 8.73. The predicted molar refractivity (Wildman–Crippen MR) is 56.6 cm³/mol. The van der Waals surface area contributed by atoms with Gasteiger partial charge in [-0.2, -0.15) is 0 Å². The van der Waals surface area contributed by atoms with Crippen LogP contribution in [0.2, 0.25) is 0 Å². The molecule has 0 atom stereocenters. The van der Waals surface area contributed by atoms with Crippen LogP contribution in [-0.4, -0.2) is 17.7 Å². The van der Waals surface area contributed by atoms with Crippen LogP contribution in [0.15, 0.2) is 24.3 Å². The summed E-state index contributed by atoms with van der Waals surface area (Å²) in [7, 11) is 0. The quantitative estimate of drug-likeness (QED) is 0.466. The Bertz CT molecular complexity index is 439. The number of nitrogen functional groups attached to an aromatic ring is 1. The summed E-state index contributed by atoms with van der Waals surface area (Å²) < 4.78 is 4.45. The average Bonchev–Trinajstić information content (AvgIpc) is 2.16. The zero-order valence-electron chi connectivity index (χ0n) is 8.73. The van der Waals surface area contributed by atoms with Crippen molar-refractivity contribution in [2.45, 2.75) is 13.3 Å². The number of rotatable bonds is 3. The van der Waals surface area contributed by atoms with Crippen LogP contribution in [0, 0.1) is 0 Å². The second-order valence-corrected chi connectivity index (χ2v) is 3.23. The fourth-order valence-electron chi connectivity index (χ4n) is 1.08. The third-order valence-corrected chi connectivity index (χ3v) is 1.78. The molecule has 1 aromatic carbocycles. The average molecular weight is 221 g/mol. The van der Waals surface area contributed by atoms with Crippen molar-refractivity contribution in [3.05, 3.63) is 29.8 Å². The van der Waals surface area contributed by atoms with Crippen molar-refractivity contribution in [3.63, 3.8) is 0 Å². The van der Waals surface area contributed by atoms with Crippen molar-refractivity contribution >= 4 is 23.4 Å². The van der Waals surface area contributed by atoms with Gasteiger partial charge in [0.15, 0.2) is 0 Å². The Morgan fingerprint density at radius 2 is 1.88 bits per heavy atom. The summed E-state index contributed by atoms with van der Waals surface area (Å²) in [6.45, 7) is 1.24. The van der Waals surface area contributed by atoms with Gasteiger partial charge in [0.25, 0.3) is 0 Å². The molecule has 0 saturated heterocycles. The first-order valence-electron chi connectivity index (χ1n) is 4.59. The Morgan fingerprint density at radius 1 is 1.25 bits per heavy atom. The molecule has 0 aliphatic heterocycles. The van der Waals surface area contributed by atoms with Gasteiger partial charge in [0.1, 0.15) is 12.2 Å². The number of Topliss-reactive ketones (excluding diaryl/α,β-unsaturated/α-hetero) is 1. The number of nitrogens with two attached hydrogens (primary N) is 1. The number of ketones is 1. The number of para-hydroxylation sites is 1. The number of anilines is 1. The lowest BCUT2D eigenvalue weighted by Gasteiger charge is -2.03. The molecule has 84 valence electrons. The maximum atomic E-state index is 11.4. The van der Waals surface area contributed by atoms with Crippen molar-refractivity contribution in [2.75, 3.05) is 5.73 Å². The second-order valence-electron chi connectivity index (χ2n) is 3.23. The number of hydrogen-bond acceptors (Lipinski definition) is 5. The minimum Gasteiger partial charge on any atom is -0.398 e. The summed E-state index contributed by atoms with van der Waals surface area (Å²) in [6, 6.07) is 6.22. The molecule has 16 heavy (non-hydrogen) atoms. The maximum Gasteiger partial charge on any atom is 0.347 e. The van der Waals surface area contributed by atoms with Crippen molar-refractivity contribution in [3.8, 4) is 0 Å². The summed E-state index contributed by atoms with van der Waals surface area (Å²) >= 11 is 0. The van der Waals surface area contributed by atoms with Gasteiger partial charge >= 0.3 is 11.9 Å². The molecule has 0 aromatic heterocycles. The topological polar surface area (TPSA) is 86.5 Å². The van der Waals surface area contributed by atoms with E-state index in [1.165, 1.54) is 19.1 Å². The smallest absolute Gasteiger partial charge is 0.347 e. The van der Waals surface area contributed by atoms with Gasteiger partial charge in [-0.05, 0) is 19.1 Å². The van der Waals surface area contributed by atoms with Crippen LogP contribution in [0.5, 0.6) is 0 Å². The molecule has 0 radical (unpaired) electrons. The lowest BCUT2D eigenvalue weighted by Crippen LogP contribution is -2.16. The van der Waals surface area contributed by atoms with Crippen LogP contribution in [0.3, 0.4) is 0 Å². The molecule has 0 saturated carbocycles. The van der Waals surface area contributed by atoms with E-state index in [2.05, 4.69) is 4.74 Å². The number of carbonyl (C=O) groups is 3. The van der Waals surface area contributed by atoms with Gasteiger partial charge in [0, 0.05) is 5.69 Å². The van der Waals surface area contributed by atoms with Crippen molar-refractivity contribution in [1.29, 1.82) is 0 Å². The Balaban J connectivity index is 2.70. The fraction of sp³-hybridized carbons (Fsp3) is 0.182.